The van der Waals surface area contributed by atoms with E-state index in [1.807, 2.05) is 0 Å². The number of hydrogen-bond donors (Lipinski definition) is 1. The molecule has 0 atom stereocenters. The van der Waals surface area contributed by atoms with E-state index in [1.54, 1.807) is 25.3 Å². The fourth-order valence-electron chi connectivity index (χ4n) is 1.53. The largest absolute Gasteiger partial charge is 0.497 e. The summed E-state index contributed by atoms with van der Waals surface area (Å²) in [5, 5.41) is 9.10. The highest BCUT2D eigenvalue weighted by Gasteiger charge is 2.10. The Morgan fingerprint density at radius 2 is 1.90 bits per heavy atom. The van der Waals surface area contributed by atoms with Crippen LogP contribution in [0, 0.1) is 0 Å². The summed E-state index contributed by atoms with van der Waals surface area (Å²) < 4.78 is 11.4. The summed E-state index contributed by atoms with van der Waals surface area (Å²) in [5.74, 6) is 0.582. The van der Waals surface area contributed by atoms with Crippen molar-refractivity contribution in [1.29, 1.82) is 0 Å². The molecule has 0 aliphatic heterocycles. The minimum Gasteiger partial charge on any atom is -0.497 e. The molecule has 0 amide bonds. The number of carbonyl (C=O) groups is 1. The first-order valence-electron chi connectivity index (χ1n) is 5.55. The standard InChI is InChI=1S/C14H10BrClO4/c1-19-9-3-5-12(10(15)7-9)20-13-4-2-8(14(17)18)6-11(13)16/h2-7H,1H3,(H,17,18). The van der Waals surface area contributed by atoms with Gasteiger partial charge in [0, 0.05) is 0 Å². The van der Waals surface area contributed by atoms with E-state index < -0.39 is 5.97 Å². The van der Waals surface area contributed by atoms with Gasteiger partial charge in [-0.2, -0.15) is 0 Å². The number of carboxylic acids is 1. The minimum atomic E-state index is -1.04. The molecule has 0 spiro atoms. The minimum absolute atomic E-state index is 0.108. The summed E-state index contributed by atoms with van der Waals surface area (Å²) in [6, 6.07) is 9.53. The highest BCUT2D eigenvalue weighted by molar-refractivity contribution is 9.10. The van der Waals surface area contributed by atoms with Crippen molar-refractivity contribution in [1.82, 2.24) is 0 Å². The van der Waals surface area contributed by atoms with Crippen molar-refractivity contribution >= 4 is 33.5 Å². The topological polar surface area (TPSA) is 55.8 Å². The van der Waals surface area contributed by atoms with Gasteiger partial charge in [-0.05, 0) is 52.3 Å². The maximum absolute atomic E-state index is 10.8. The molecule has 0 radical (unpaired) electrons. The van der Waals surface area contributed by atoms with Crippen molar-refractivity contribution in [2.45, 2.75) is 0 Å². The van der Waals surface area contributed by atoms with Gasteiger partial charge in [0.2, 0.25) is 0 Å². The van der Waals surface area contributed by atoms with E-state index in [4.69, 9.17) is 26.2 Å². The molecule has 6 heteroatoms. The lowest BCUT2D eigenvalue weighted by Gasteiger charge is -2.10. The van der Waals surface area contributed by atoms with Crippen LogP contribution in [-0.4, -0.2) is 18.2 Å². The molecule has 1 N–H and O–H groups in total. The molecular formula is C14H10BrClO4. The zero-order chi connectivity index (χ0) is 14.7. The van der Waals surface area contributed by atoms with Crippen molar-refractivity contribution in [2.75, 3.05) is 7.11 Å². The van der Waals surface area contributed by atoms with E-state index >= 15 is 0 Å². The van der Waals surface area contributed by atoms with Crippen molar-refractivity contribution in [3.63, 3.8) is 0 Å². The van der Waals surface area contributed by atoms with E-state index in [1.165, 1.54) is 18.2 Å². The van der Waals surface area contributed by atoms with Gasteiger partial charge in [0.1, 0.15) is 17.2 Å². The molecule has 2 aromatic rings. The zero-order valence-corrected chi connectivity index (χ0v) is 12.7. The van der Waals surface area contributed by atoms with E-state index in [0.717, 1.165) is 0 Å². The normalized spacial score (nSPS) is 10.2. The van der Waals surface area contributed by atoms with Crippen LogP contribution in [0.5, 0.6) is 17.2 Å². The molecule has 2 rings (SSSR count). The van der Waals surface area contributed by atoms with Crippen LogP contribution in [-0.2, 0) is 0 Å². The molecule has 20 heavy (non-hydrogen) atoms. The van der Waals surface area contributed by atoms with Gasteiger partial charge in [-0.25, -0.2) is 4.79 Å². The molecule has 0 saturated heterocycles. The van der Waals surface area contributed by atoms with Crippen LogP contribution in [0.2, 0.25) is 5.02 Å². The average molecular weight is 358 g/mol. The fraction of sp³-hybridized carbons (Fsp3) is 0.0714. The highest BCUT2D eigenvalue weighted by atomic mass is 79.9. The quantitative estimate of drug-likeness (QED) is 0.868. The fourth-order valence-corrected chi connectivity index (χ4v) is 2.18. The van der Waals surface area contributed by atoms with Crippen molar-refractivity contribution in [2.24, 2.45) is 0 Å². The lowest BCUT2D eigenvalue weighted by Crippen LogP contribution is -1.96. The first-order chi connectivity index (χ1) is 9.51. The lowest BCUT2D eigenvalue weighted by molar-refractivity contribution is 0.0697. The Bertz CT molecular complexity index is 658. The van der Waals surface area contributed by atoms with Crippen LogP contribution in [0.25, 0.3) is 0 Å². The Labute approximate surface area is 129 Å². The summed E-state index contributed by atoms with van der Waals surface area (Å²) in [7, 11) is 1.57. The smallest absolute Gasteiger partial charge is 0.335 e. The van der Waals surface area contributed by atoms with E-state index in [-0.39, 0.29) is 10.6 Å². The predicted octanol–water partition coefficient (Wildman–Crippen LogP) is 4.60. The third-order valence-electron chi connectivity index (χ3n) is 2.54. The van der Waals surface area contributed by atoms with Crippen LogP contribution < -0.4 is 9.47 Å². The second kappa shape index (κ2) is 6.15. The maximum Gasteiger partial charge on any atom is 0.335 e. The Morgan fingerprint density at radius 1 is 1.20 bits per heavy atom. The molecule has 0 aliphatic rings. The second-order valence-electron chi connectivity index (χ2n) is 3.85. The van der Waals surface area contributed by atoms with Gasteiger partial charge in [-0.3, -0.25) is 0 Å². The maximum atomic E-state index is 10.8. The number of hydrogen-bond acceptors (Lipinski definition) is 3. The number of aromatic carboxylic acids is 1. The second-order valence-corrected chi connectivity index (χ2v) is 5.11. The SMILES string of the molecule is COc1ccc(Oc2ccc(C(=O)O)cc2Cl)c(Br)c1. The summed E-state index contributed by atoms with van der Waals surface area (Å²) >= 11 is 9.37. The molecule has 2 aromatic carbocycles. The van der Waals surface area contributed by atoms with Crippen molar-refractivity contribution < 1.29 is 19.4 Å². The number of carboxylic acid groups (broad SMARTS) is 1. The number of ether oxygens (including phenoxy) is 2. The van der Waals surface area contributed by atoms with Crippen LogP contribution >= 0.6 is 27.5 Å². The molecule has 0 aliphatic carbocycles. The Morgan fingerprint density at radius 3 is 2.45 bits per heavy atom. The van der Waals surface area contributed by atoms with Crippen molar-refractivity contribution in [3.8, 4) is 17.2 Å². The first-order valence-corrected chi connectivity index (χ1v) is 6.72. The molecule has 0 fully saturated rings. The van der Waals surface area contributed by atoms with E-state index in [2.05, 4.69) is 15.9 Å². The van der Waals surface area contributed by atoms with E-state index in [9.17, 15) is 4.79 Å². The zero-order valence-electron chi connectivity index (χ0n) is 10.4. The Kier molecular flexibility index (Phi) is 4.52. The van der Waals surface area contributed by atoms with Gasteiger partial charge in [-0.1, -0.05) is 11.6 Å². The molecule has 0 heterocycles. The van der Waals surface area contributed by atoms with Gasteiger partial charge >= 0.3 is 5.97 Å². The lowest BCUT2D eigenvalue weighted by atomic mass is 10.2. The molecule has 0 aromatic heterocycles. The number of benzene rings is 2. The third-order valence-corrected chi connectivity index (χ3v) is 3.45. The Hall–Kier alpha value is -1.72. The molecule has 0 saturated carbocycles. The first kappa shape index (κ1) is 14.7. The Balaban J connectivity index is 2.28. The number of halogens is 2. The third kappa shape index (κ3) is 3.23. The highest BCUT2D eigenvalue weighted by Crippen LogP contribution is 2.35. The van der Waals surface area contributed by atoms with Gasteiger partial charge in [-0.15, -0.1) is 0 Å². The van der Waals surface area contributed by atoms with Gasteiger partial charge in [0.25, 0.3) is 0 Å². The molecule has 104 valence electrons. The van der Waals surface area contributed by atoms with Crippen LogP contribution in [0.1, 0.15) is 10.4 Å². The monoisotopic (exact) mass is 356 g/mol. The molecule has 4 nitrogen and oxygen atoms in total. The van der Waals surface area contributed by atoms with Gasteiger partial charge < -0.3 is 14.6 Å². The number of rotatable bonds is 4. The number of methoxy groups -OCH3 is 1. The van der Waals surface area contributed by atoms with Crippen LogP contribution in [0.4, 0.5) is 0 Å². The van der Waals surface area contributed by atoms with Crippen molar-refractivity contribution in [3.05, 3.63) is 51.5 Å². The molecule has 0 unspecified atom stereocenters. The molecular weight excluding hydrogens is 348 g/mol. The summed E-state index contributed by atoms with van der Waals surface area (Å²) in [6.45, 7) is 0. The average Bonchev–Trinajstić information content (AvgIpc) is 2.42. The summed E-state index contributed by atoms with van der Waals surface area (Å²) in [5.41, 5.74) is 0.108. The van der Waals surface area contributed by atoms with Gasteiger partial charge in [0.05, 0.1) is 22.2 Å². The summed E-state index contributed by atoms with van der Waals surface area (Å²) in [4.78, 5) is 10.8. The van der Waals surface area contributed by atoms with Crippen LogP contribution in [0.3, 0.4) is 0 Å². The van der Waals surface area contributed by atoms with E-state index in [0.29, 0.717) is 21.7 Å². The van der Waals surface area contributed by atoms with Gasteiger partial charge in [0.15, 0.2) is 0 Å². The predicted molar refractivity (Wildman–Crippen MR) is 79.2 cm³/mol. The van der Waals surface area contributed by atoms with Crippen LogP contribution in [0.15, 0.2) is 40.9 Å². The molecule has 0 bridgehead atoms. The summed E-state index contributed by atoms with van der Waals surface area (Å²) in [6.07, 6.45) is 0.